The maximum Gasteiger partial charge on any atom is 0.243 e. The molecule has 0 spiro atoms. The van der Waals surface area contributed by atoms with Crippen molar-refractivity contribution in [2.75, 3.05) is 18.9 Å². The molecule has 0 bridgehead atoms. The number of anilines is 1. The van der Waals surface area contributed by atoms with E-state index in [-0.39, 0.29) is 5.91 Å². The molecule has 0 atom stereocenters. The second-order valence-corrected chi connectivity index (χ2v) is 3.62. The second-order valence-electron chi connectivity index (χ2n) is 3.62. The van der Waals surface area contributed by atoms with Gasteiger partial charge >= 0.3 is 0 Å². The average molecular weight is 246 g/mol. The number of hydrogen-bond donors (Lipinski definition) is 2. The van der Waals surface area contributed by atoms with E-state index in [4.69, 9.17) is 10.5 Å². The predicted octanol–water partition coefficient (Wildman–Crippen LogP) is 1.98. The van der Waals surface area contributed by atoms with Gasteiger partial charge in [-0.15, -0.1) is 0 Å². The van der Waals surface area contributed by atoms with Crippen LogP contribution in [-0.4, -0.2) is 19.1 Å². The van der Waals surface area contributed by atoms with E-state index in [1.165, 1.54) is 6.08 Å². The van der Waals surface area contributed by atoms with Gasteiger partial charge in [-0.2, -0.15) is 0 Å². The molecule has 0 aliphatic rings. The van der Waals surface area contributed by atoms with E-state index in [2.05, 4.69) is 11.9 Å². The Morgan fingerprint density at radius 3 is 2.94 bits per heavy atom. The molecule has 0 saturated carbocycles. The van der Waals surface area contributed by atoms with Crippen molar-refractivity contribution < 1.29 is 9.53 Å². The normalized spacial score (nSPS) is 10.3. The molecule has 0 aliphatic heterocycles. The lowest BCUT2D eigenvalue weighted by molar-refractivity contribution is -0.116. The van der Waals surface area contributed by atoms with Crippen molar-refractivity contribution in [3.63, 3.8) is 0 Å². The topological polar surface area (TPSA) is 64.3 Å². The van der Waals surface area contributed by atoms with Gasteiger partial charge in [-0.3, -0.25) is 4.79 Å². The smallest absolute Gasteiger partial charge is 0.243 e. The van der Waals surface area contributed by atoms with Crippen LogP contribution in [0, 0.1) is 0 Å². The number of likely N-dealkylation sites (N-methyl/N-ethyl adjacent to an activating group) is 1. The molecule has 1 aromatic rings. The first-order valence-corrected chi connectivity index (χ1v) is 5.76. The Morgan fingerprint density at radius 2 is 2.33 bits per heavy atom. The van der Waals surface area contributed by atoms with Crippen molar-refractivity contribution in [1.82, 2.24) is 5.32 Å². The molecule has 4 nitrogen and oxygen atoms in total. The summed E-state index contributed by atoms with van der Waals surface area (Å²) in [5.74, 6) is 0.494. The third-order valence-electron chi connectivity index (χ3n) is 2.17. The largest absolute Gasteiger partial charge is 0.487 e. The number of rotatable bonds is 6. The quantitative estimate of drug-likeness (QED) is 0.458. The zero-order chi connectivity index (χ0) is 13.4. The monoisotopic (exact) mass is 246 g/mol. The molecule has 0 fully saturated rings. The number of nitrogen functional groups attached to an aromatic ring is 1. The summed E-state index contributed by atoms with van der Waals surface area (Å²) in [6.45, 7) is 6.46. The number of carbonyl (C=O) groups excluding carboxylic acids is 1. The van der Waals surface area contributed by atoms with Gasteiger partial charge in [0.25, 0.3) is 0 Å². The molecule has 4 heteroatoms. The molecule has 0 aromatic heterocycles. The fourth-order valence-electron chi connectivity index (χ4n) is 1.36. The lowest BCUT2D eigenvalue weighted by Crippen LogP contribution is -2.19. The van der Waals surface area contributed by atoms with Crippen LogP contribution in [-0.2, 0) is 4.79 Å². The molecule has 3 N–H and O–H groups in total. The molecule has 1 aromatic carbocycles. The van der Waals surface area contributed by atoms with Crippen LogP contribution in [0.3, 0.4) is 0 Å². The van der Waals surface area contributed by atoms with Gasteiger partial charge in [0.1, 0.15) is 12.4 Å². The molecule has 96 valence electrons. The minimum atomic E-state index is -0.122. The lowest BCUT2D eigenvalue weighted by atomic mass is 10.1. The highest BCUT2D eigenvalue weighted by Crippen LogP contribution is 2.23. The number of ether oxygens (including phenoxy) is 1. The number of carbonyl (C=O) groups is 1. The van der Waals surface area contributed by atoms with Gasteiger partial charge < -0.3 is 15.8 Å². The van der Waals surface area contributed by atoms with Gasteiger partial charge in [-0.1, -0.05) is 18.7 Å². The van der Waals surface area contributed by atoms with Crippen molar-refractivity contribution in [2.45, 2.75) is 6.92 Å². The van der Waals surface area contributed by atoms with Crippen LogP contribution < -0.4 is 15.8 Å². The Balaban J connectivity index is 2.71. The van der Waals surface area contributed by atoms with Crippen molar-refractivity contribution in [3.05, 3.63) is 42.5 Å². The molecular formula is C14H18N2O2. The van der Waals surface area contributed by atoms with Crippen LogP contribution in [0.1, 0.15) is 12.5 Å². The molecule has 18 heavy (non-hydrogen) atoms. The Labute approximate surface area is 107 Å². The first kappa shape index (κ1) is 13.8. The highest BCUT2D eigenvalue weighted by atomic mass is 16.5. The molecule has 1 amide bonds. The average Bonchev–Trinajstić information content (AvgIpc) is 2.35. The fraction of sp³-hybridized carbons (Fsp3) is 0.214. The Kier molecular flexibility index (Phi) is 5.51. The summed E-state index contributed by atoms with van der Waals surface area (Å²) >= 11 is 0. The van der Waals surface area contributed by atoms with E-state index >= 15 is 0 Å². The summed E-state index contributed by atoms with van der Waals surface area (Å²) in [4.78, 5) is 11.2. The highest BCUT2D eigenvalue weighted by molar-refractivity contribution is 5.91. The minimum absolute atomic E-state index is 0.122. The molecule has 1 rings (SSSR count). The summed E-state index contributed by atoms with van der Waals surface area (Å²) < 4.78 is 5.36. The number of nitrogens with one attached hydrogen (secondary N) is 1. The Morgan fingerprint density at radius 1 is 1.56 bits per heavy atom. The number of amides is 1. The molecule has 0 heterocycles. The maximum atomic E-state index is 11.2. The van der Waals surface area contributed by atoms with Crippen LogP contribution in [0.25, 0.3) is 6.08 Å². The summed E-state index contributed by atoms with van der Waals surface area (Å²) in [7, 11) is 0. The zero-order valence-corrected chi connectivity index (χ0v) is 10.5. The van der Waals surface area contributed by atoms with Gasteiger partial charge in [0.05, 0.1) is 5.69 Å². The van der Waals surface area contributed by atoms with E-state index in [0.29, 0.717) is 24.6 Å². The predicted molar refractivity (Wildman–Crippen MR) is 74.3 cm³/mol. The Bertz CT molecular complexity index is 453. The first-order chi connectivity index (χ1) is 8.67. The maximum absolute atomic E-state index is 11.2. The van der Waals surface area contributed by atoms with E-state index in [1.54, 1.807) is 24.3 Å². The van der Waals surface area contributed by atoms with Gasteiger partial charge in [0.2, 0.25) is 5.91 Å². The molecule has 0 aliphatic carbocycles. The SMILES string of the molecule is C=CCOc1ccc(/C=C\C(=O)NCC)cc1N. The Hall–Kier alpha value is -2.23. The summed E-state index contributed by atoms with van der Waals surface area (Å²) in [6.07, 6.45) is 4.84. The van der Waals surface area contributed by atoms with Gasteiger partial charge in [-0.25, -0.2) is 0 Å². The minimum Gasteiger partial charge on any atom is -0.487 e. The first-order valence-electron chi connectivity index (χ1n) is 5.76. The third kappa shape index (κ3) is 4.33. The van der Waals surface area contributed by atoms with Crippen LogP contribution >= 0.6 is 0 Å². The van der Waals surface area contributed by atoms with Crippen LogP contribution in [0.4, 0.5) is 5.69 Å². The standard InChI is InChI=1S/C14H18N2O2/c1-3-9-18-13-7-5-11(10-12(13)15)6-8-14(17)16-4-2/h3,5-8,10H,1,4,9,15H2,2H3,(H,16,17)/b8-6-. The summed E-state index contributed by atoms with van der Waals surface area (Å²) in [5, 5.41) is 2.68. The zero-order valence-electron chi connectivity index (χ0n) is 10.5. The van der Waals surface area contributed by atoms with Crippen LogP contribution in [0.2, 0.25) is 0 Å². The van der Waals surface area contributed by atoms with E-state index in [9.17, 15) is 4.79 Å². The number of benzene rings is 1. The second kappa shape index (κ2) is 7.17. The number of nitrogens with two attached hydrogens (primary N) is 1. The van der Waals surface area contributed by atoms with E-state index in [0.717, 1.165) is 5.56 Å². The lowest BCUT2D eigenvalue weighted by Gasteiger charge is -2.07. The molecule has 0 unspecified atom stereocenters. The van der Waals surface area contributed by atoms with E-state index in [1.807, 2.05) is 13.0 Å². The third-order valence-corrected chi connectivity index (χ3v) is 2.17. The van der Waals surface area contributed by atoms with Gasteiger partial charge in [0, 0.05) is 12.6 Å². The molecule has 0 radical (unpaired) electrons. The number of hydrogen-bond acceptors (Lipinski definition) is 3. The molecular weight excluding hydrogens is 228 g/mol. The fourth-order valence-corrected chi connectivity index (χ4v) is 1.36. The van der Waals surface area contributed by atoms with Crippen molar-refractivity contribution in [3.8, 4) is 5.75 Å². The highest BCUT2D eigenvalue weighted by Gasteiger charge is 2.00. The van der Waals surface area contributed by atoms with E-state index < -0.39 is 0 Å². The van der Waals surface area contributed by atoms with Crippen molar-refractivity contribution in [1.29, 1.82) is 0 Å². The van der Waals surface area contributed by atoms with Gasteiger partial charge in [0.15, 0.2) is 0 Å². The molecule has 0 saturated heterocycles. The van der Waals surface area contributed by atoms with Gasteiger partial charge in [-0.05, 0) is 30.7 Å². The van der Waals surface area contributed by atoms with Crippen molar-refractivity contribution in [2.24, 2.45) is 0 Å². The van der Waals surface area contributed by atoms with Crippen LogP contribution in [0.15, 0.2) is 36.9 Å². The summed E-state index contributed by atoms with van der Waals surface area (Å²) in [6, 6.07) is 5.37. The van der Waals surface area contributed by atoms with Crippen molar-refractivity contribution >= 4 is 17.7 Å². The van der Waals surface area contributed by atoms with Crippen LogP contribution in [0.5, 0.6) is 5.75 Å². The summed E-state index contributed by atoms with van der Waals surface area (Å²) in [5.41, 5.74) is 7.22.